The summed E-state index contributed by atoms with van der Waals surface area (Å²) in [6.07, 6.45) is 0. The van der Waals surface area contributed by atoms with E-state index in [1.54, 1.807) is 0 Å². The van der Waals surface area contributed by atoms with Gasteiger partial charge in [0.15, 0.2) is 0 Å². The van der Waals surface area contributed by atoms with E-state index in [0.29, 0.717) is 26.7 Å². The average Bonchev–Trinajstić information content (AvgIpc) is 2.57. The molecule has 0 amide bonds. The summed E-state index contributed by atoms with van der Waals surface area (Å²) in [6.45, 7) is 7.27. The second-order valence-corrected chi connectivity index (χ2v) is 2.67. The molecular weight excluding hydrogens is 158 g/mol. The van der Waals surface area contributed by atoms with Crippen LogP contribution in [0.15, 0.2) is 0 Å². The topological polar surface area (TPSA) is 30.9 Å². The van der Waals surface area contributed by atoms with Crippen molar-refractivity contribution >= 4 is 0 Å². The standard InChI is InChI=1S/C8H17NO3/c1-2-10-5-6-12-8-9-3-4-11-7-9/h2-8H2,1H3. The lowest BCUT2D eigenvalue weighted by molar-refractivity contribution is -0.0102. The Hall–Kier alpha value is -0.160. The van der Waals surface area contributed by atoms with E-state index in [9.17, 15) is 0 Å². The maximum atomic E-state index is 5.34. The van der Waals surface area contributed by atoms with Gasteiger partial charge in [0.2, 0.25) is 0 Å². The molecule has 0 atom stereocenters. The van der Waals surface area contributed by atoms with Gasteiger partial charge in [0.25, 0.3) is 0 Å². The van der Waals surface area contributed by atoms with E-state index in [1.807, 2.05) is 6.92 Å². The first-order valence-electron chi connectivity index (χ1n) is 4.39. The Morgan fingerprint density at radius 3 is 2.83 bits per heavy atom. The highest BCUT2D eigenvalue weighted by atomic mass is 16.5. The van der Waals surface area contributed by atoms with Crippen LogP contribution in [0.25, 0.3) is 0 Å². The summed E-state index contributed by atoms with van der Waals surface area (Å²) in [6, 6.07) is 0. The van der Waals surface area contributed by atoms with Gasteiger partial charge >= 0.3 is 0 Å². The number of nitrogens with zero attached hydrogens (tertiary/aromatic N) is 1. The third kappa shape index (κ3) is 4.01. The van der Waals surface area contributed by atoms with Gasteiger partial charge in [-0.05, 0) is 6.92 Å². The van der Waals surface area contributed by atoms with E-state index in [0.717, 1.165) is 19.8 Å². The highest BCUT2D eigenvalue weighted by Gasteiger charge is 2.10. The van der Waals surface area contributed by atoms with E-state index in [1.165, 1.54) is 0 Å². The van der Waals surface area contributed by atoms with E-state index in [4.69, 9.17) is 14.2 Å². The van der Waals surface area contributed by atoms with Gasteiger partial charge in [-0.1, -0.05) is 0 Å². The average molecular weight is 175 g/mol. The van der Waals surface area contributed by atoms with Crippen LogP contribution >= 0.6 is 0 Å². The van der Waals surface area contributed by atoms with Crippen LogP contribution in [0.4, 0.5) is 0 Å². The minimum atomic E-state index is 0.660. The molecule has 4 heteroatoms. The highest BCUT2D eigenvalue weighted by molar-refractivity contribution is 4.52. The smallest absolute Gasteiger partial charge is 0.101 e. The van der Waals surface area contributed by atoms with Gasteiger partial charge in [0.05, 0.1) is 19.8 Å². The Labute approximate surface area is 73.4 Å². The molecule has 72 valence electrons. The second kappa shape index (κ2) is 6.37. The van der Waals surface area contributed by atoms with Crippen LogP contribution in [0.5, 0.6) is 0 Å². The van der Waals surface area contributed by atoms with Crippen molar-refractivity contribution in [1.29, 1.82) is 0 Å². The highest BCUT2D eigenvalue weighted by Crippen LogP contribution is 1.97. The third-order valence-electron chi connectivity index (χ3n) is 1.68. The molecule has 1 saturated heterocycles. The first kappa shape index (κ1) is 9.92. The van der Waals surface area contributed by atoms with E-state index in [2.05, 4.69) is 4.90 Å². The van der Waals surface area contributed by atoms with Crippen molar-refractivity contribution < 1.29 is 14.2 Å². The maximum absolute atomic E-state index is 5.34. The Morgan fingerprint density at radius 2 is 2.17 bits per heavy atom. The first-order valence-corrected chi connectivity index (χ1v) is 4.39. The largest absolute Gasteiger partial charge is 0.379 e. The molecule has 1 rings (SSSR count). The minimum Gasteiger partial charge on any atom is -0.379 e. The zero-order chi connectivity index (χ0) is 8.65. The van der Waals surface area contributed by atoms with Gasteiger partial charge in [-0.3, -0.25) is 4.90 Å². The lowest BCUT2D eigenvalue weighted by atomic mass is 10.7. The molecule has 0 aromatic heterocycles. The lowest BCUT2D eigenvalue weighted by Gasteiger charge is -2.12. The van der Waals surface area contributed by atoms with Crippen molar-refractivity contribution in [1.82, 2.24) is 4.90 Å². The molecule has 1 aliphatic heterocycles. The lowest BCUT2D eigenvalue weighted by Crippen LogP contribution is -2.24. The summed E-state index contributed by atoms with van der Waals surface area (Å²) in [5, 5.41) is 0. The fourth-order valence-electron chi connectivity index (χ4n) is 1.01. The van der Waals surface area contributed by atoms with Crippen molar-refractivity contribution in [3.63, 3.8) is 0 Å². The minimum absolute atomic E-state index is 0.660. The molecule has 1 heterocycles. The van der Waals surface area contributed by atoms with Crippen LogP contribution in [0.1, 0.15) is 6.92 Å². The summed E-state index contributed by atoms with van der Waals surface area (Å²) in [5.41, 5.74) is 0. The molecule has 4 nitrogen and oxygen atoms in total. The van der Waals surface area contributed by atoms with Crippen molar-refractivity contribution in [2.75, 3.05) is 46.4 Å². The van der Waals surface area contributed by atoms with Crippen LogP contribution in [0, 0.1) is 0 Å². The van der Waals surface area contributed by atoms with Crippen molar-refractivity contribution in [2.24, 2.45) is 0 Å². The Kier molecular flexibility index (Phi) is 5.27. The molecule has 0 spiro atoms. The first-order chi connectivity index (χ1) is 5.93. The molecule has 0 bridgehead atoms. The number of hydrogen-bond acceptors (Lipinski definition) is 4. The van der Waals surface area contributed by atoms with E-state index >= 15 is 0 Å². The molecule has 0 saturated carbocycles. The molecule has 0 aliphatic carbocycles. The predicted octanol–water partition coefficient (Wildman–Crippen LogP) is 0.287. The van der Waals surface area contributed by atoms with Crippen LogP contribution in [-0.4, -0.2) is 51.3 Å². The molecule has 1 aliphatic rings. The summed E-state index contributed by atoms with van der Waals surface area (Å²) >= 11 is 0. The molecule has 0 radical (unpaired) electrons. The summed E-state index contributed by atoms with van der Waals surface area (Å²) in [4.78, 5) is 2.12. The molecular formula is C8H17NO3. The normalized spacial score (nSPS) is 18.8. The maximum Gasteiger partial charge on any atom is 0.101 e. The van der Waals surface area contributed by atoms with Crippen LogP contribution in [-0.2, 0) is 14.2 Å². The number of ether oxygens (including phenoxy) is 3. The summed E-state index contributed by atoms with van der Waals surface area (Å²) in [7, 11) is 0. The zero-order valence-electron chi connectivity index (χ0n) is 7.62. The Balaban J connectivity index is 1.81. The summed E-state index contributed by atoms with van der Waals surface area (Å²) < 4.78 is 15.6. The molecule has 0 unspecified atom stereocenters. The van der Waals surface area contributed by atoms with Crippen LogP contribution < -0.4 is 0 Å². The SMILES string of the molecule is CCOCCOCN1CCOC1. The quantitative estimate of drug-likeness (QED) is 0.543. The van der Waals surface area contributed by atoms with Crippen LogP contribution in [0.3, 0.4) is 0 Å². The van der Waals surface area contributed by atoms with E-state index < -0.39 is 0 Å². The van der Waals surface area contributed by atoms with Gasteiger partial charge < -0.3 is 14.2 Å². The monoisotopic (exact) mass is 175 g/mol. The Morgan fingerprint density at radius 1 is 1.33 bits per heavy atom. The fourth-order valence-corrected chi connectivity index (χ4v) is 1.01. The third-order valence-corrected chi connectivity index (χ3v) is 1.68. The number of hydrogen-bond donors (Lipinski definition) is 0. The van der Waals surface area contributed by atoms with Crippen molar-refractivity contribution in [3.05, 3.63) is 0 Å². The molecule has 1 fully saturated rings. The van der Waals surface area contributed by atoms with Gasteiger partial charge in [0.1, 0.15) is 13.5 Å². The van der Waals surface area contributed by atoms with Crippen LogP contribution in [0.2, 0.25) is 0 Å². The number of rotatable bonds is 6. The van der Waals surface area contributed by atoms with Gasteiger partial charge in [-0.25, -0.2) is 0 Å². The van der Waals surface area contributed by atoms with Gasteiger partial charge in [0, 0.05) is 13.2 Å². The van der Waals surface area contributed by atoms with Gasteiger partial charge in [-0.15, -0.1) is 0 Å². The predicted molar refractivity (Wildman–Crippen MR) is 44.8 cm³/mol. The van der Waals surface area contributed by atoms with Crippen molar-refractivity contribution in [3.8, 4) is 0 Å². The van der Waals surface area contributed by atoms with E-state index in [-0.39, 0.29) is 0 Å². The molecule has 0 aromatic rings. The molecule has 12 heavy (non-hydrogen) atoms. The molecule has 0 aromatic carbocycles. The van der Waals surface area contributed by atoms with Gasteiger partial charge in [-0.2, -0.15) is 0 Å². The van der Waals surface area contributed by atoms with Crippen molar-refractivity contribution in [2.45, 2.75) is 6.92 Å². The zero-order valence-corrected chi connectivity index (χ0v) is 7.62. The molecule has 0 N–H and O–H groups in total. The second-order valence-electron chi connectivity index (χ2n) is 2.67. The summed E-state index contributed by atoms with van der Waals surface area (Å²) in [5.74, 6) is 0. The Bertz CT molecular complexity index is 104. The fraction of sp³-hybridized carbons (Fsp3) is 1.00.